The molecule has 0 bridgehead atoms. The summed E-state index contributed by atoms with van der Waals surface area (Å²) in [5.41, 5.74) is 1.26. The van der Waals surface area contributed by atoms with Crippen molar-refractivity contribution < 1.29 is 8.42 Å². The molecule has 0 fully saturated rings. The number of anilines is 1. The van der Waals surface area contributed by atoms with Crippen LogP contribution in [0.25, 0.3) is 0 Å². The Hall–Kier alpha value is -1.45. The first kappa shape index (κ1) is 14.0. The third-order valence-electron chi connectivity index (χ3n) is 2.71. The molecule has 1 aromatic carbocycles. The number of nitrogens with one attached hydrogen (secondary N) is 1. The summed E-state index contributed by atoms with van der Waals surface area (Å²) in [6.07, 6.45) is 1.62. The Labute approximate surface area is 117 Å². The van der Waals surface area contributed by atoms with E-state index in [9.17, 15) is 13.7 Å². The van der Waals surface area contributed by atoms with Gasteiger partial charge in [0.1, 0.15) is 6.07 Å². The van der Waals surface area contributed by atoms with E-state index in [0.717, 1.165) is 10.6 Å². The lowest BCUT2D eigenvalue weighted by Crippen LogP contribution is -2.21. The number of hydrogen-bond acceptors (Lipinski definition) is 5. The van der Waals surface area contributed by atoms with E-state index >= 15 is 0 Å². The van der Waals surface area contributed by atoms with Gasteiger partial charge in [-0.2, -0.15) is 5.26 Å². The lowest BCUT2D eigenvalue weighted by atomic mass is 10.1. The van der Waals surface area contributed by atoms with Gasteiger partial charge >= 0.3 is 0 Å². The summed E-state index contributed by atoms with van der Waals surface area (Å²) in [5.74, 6) is 0.929. The molecular weight excluding hydrogens is 280 g/mol. The minimum atomic E-state index is -3.09. The van der Waals surface area contributed by atoms with E-state index in [4.69, 9.17) is 0 Å². The summed E-state index contributed by atoms with van der Waals surface area (Å²) in [4.78, 5) is 0.917. The molecule has 0 amide bonds. The van der Waals surface area contributed by atoms with Crippen molar-refractivity contribution >= 4 is 27.3 Å². The summed E-state index contributed by atoms with van der Waals surface area (Å²) in [6.45, 7) is 2.03. The number of sulfone groups is 1. The lowest BCUT2D eigenvalue weighted by molar-refractivity contribution is 0.605. The Balaban J connectivity index is 2.24. The van der Waals surface area contributed by atoms with E-state index < -0.39 is 9.84 Å². The van der Waals surface area contributed by atoms with Crippen LogP contribution in [-0.2, 0) is 9.84 Å². The van der Waals surface area contributed by atoms with Crippen LogP contribution in [0.4, 0.5) is 5.69 Å². The number of benzene rings is 1. The molecule has 2 rings (SSSR count). The maximum absolute atomic E-state index is 11.4. The standard InChI is InChI=1S/C13H14N2O2S2/c1-2-18-13-5-3-4-12(11(13)8-14)15-10-6-7-19(16,17)9-10/h3-7,10,15H,2,9H2,1H3. The van der Waals surface area contributed by atoms with Gasteiger partial charge in [0.05, 0.1) is 23.0 Å². The third kappa shape index (κ3) is 3.31. The highest BCUT2D eigenvalue weighted by molar-refractivity contribution is 7.99. The highest BCUT2D eigenvalue weighted by Crippen LogP contribution is 2.28. The van der Waals surface area contributed by atoms with Gasteiger partial charge in [-0.25, -0.2) is 8.42 Å². The van der Waals surface area contributed by atoms with Crippen molar-refractivity contribution in [2.75, 3.05) is 16.8 Å². The molecule has 0 aromatic heterocycles. The fraction of sp³-hybridized carbons (Fsp3) is 0.308. The molecule has 1 aromatic rings. The van der Waals surface area contributed by atoms with E-state index in [-0.39, 0.29) is 11.8 Å². The van der Waals surface area contributed by atoms with Crippen LogP contribution in [0.15, 0.2) is 34.6 Å². The largest absolute Gasteiger partial charge is 0.377 e. The van der Waals surface area contributed by atoms with Crippen molar-refractivity contribution in [1.29, 1.82) is 5.26 Å². The second kappa shape index (κ2) is 5.68. The molecule has 0 aliphatic carbocycles. The van der Waals surface area contributed by atoms with Crippen LogP contribution in [0, 0.1) is 11.3 Å². The van der Waals surface area contributed by atoms with Crippen molar-refractivity contribution in [1.82, 2.24) is 0 Å². The molecule has 1 heterocycles. The zero-order chi connectivity index (χ0) is 13.9. The Kier molecular flexibility index (Phi) is 4.17. The molecule has 0 radical (unpaired) electrons. The van der Waals surface area contributed by atoms with E-state index in [0.29, 0.717) is 11.3 Å². The Bertz CT molecular complexity index is 645. The molecule has 100 valence electrons. The second-order valence-corrected chi connectivity index (χ2v) is 7.37. The molecule has 19 heavy (non-hydrogen) atoms. The van der Waals surface area contributed by atoms with E-state index in [2.05, 4.69) is 11.4 Å². The molecule has 6 heteroatoms. The molecule has 1 N–H and O–H groups in total. The first-order chi connectivity index (χ1) is 9.05. The topological polar surface area (TPSA) is 70.0 Å². The zero-order valence-corrected chi connectivity index (χ0v) is 12.1. The molecule has 1 aliphatic rings. The first-order valence-electron chi connectivity index (χ1n) is 5.89. The molecule has 1 atom stereocenters. The van der Waals surface area contributed by atoms with Crippen molar-refractivity contribution in [3.8, 4) is 6.07 Å². The second-order valence-electron chi connectivity index (χ2n) is 4.13. The normalized spacial score (nSPS) is 20.1. The van der Waals surface area contributed by atoms with Crippen LogP contribution in [0.3, 0.4) is 0 Å². The monoisotopic (exact) mass is 294 g/mol. The third-order valence-corrected chi connectivity index (χ3v) is 5.04. The average Bonchev–Trinajstić information content (AvgIpc) is 2.69. The van der Waals surface area contributed by atoms with Gasteiger partial charge in [0, 0.05) is 10.3 Å². The number of nitriles is 1. The number of thioether (sulfide) groups is 1. The van der Waals surface area contributed by atoms with Crippen LogP contribution in [0.2, 0.25) is 0 Å². The minimum absolute atomic E-state index is 0.0447. The van der Waals surface area contributed by atoms with Gasteiger partial charge in [-0.05, 0) is 17.9 Å². The quantitative estimate of drug-likeness (QED) is 0.863. The molecule has 0 saturated carbocycles. The van der Waals surface area contributed by atoms with Crippen LogP contribution in [0.1, 0.15) is 12.5 Å². The van der Waals surface area contributed by atoms with Gasteiger partial charge in [-0.1, -0.05) is 19.1 Å². The molecule has 4 nitrogen and oxygen atoms in total. The maximum Gasteiger partial charge on any atom is 0.173 e. The van der Waals surface area contributed by atoms with Gasteiger partial charge in [0.25, 0.3) is 0 Å². The lowest BCUT2D eigenvalue weighted by Gasteiger charge is -2.14. The predicted molar refractivity (Wildman–Crippen MR) is 77.9 cm³/mol. The van der Waals surface area contributed by atoms with Crippen molar-refractivity contribution in [2.24, 2.45) is 0 Å². The zero-order valence-electron chi connectivity index (χ0n) is 10.5. The van der Waals surface area contributed by atoms with Gasteiger partial charge < -0.3 is 5.32 Å². The van der Waals surface area contributed by atoms with Gasteiger partial charge in [0.2, 0.25) is 0 Å². The van der Waals surface area contributed by atoms with Crippen molar-refractivity contribution in [3.05, 3.63) is 35.2 Å². The van der Waals surface area contributed by atoms with E-state index in [1.54, 1.807) is 23.9 Å². The Morgan fingerprint density at radius 1 is 1.53 bits per heavy atom. The van der Waals surface area contributed by atoms with E-state index in [1.807, 2.05) is 19.1 Å². The maximum atomic E-state index is 11.4. The summed E-state index contributed by atoms with van der Waals surface area (Å²) < 4.78 is 22.7. The minimum Gasteiger partial charge on any atom is -0.377 e. The predicted octanol–water partition coefficient (Wildman–Crippen LogP) is 2.39. The van der Waals surface area contributed by atoms with Crippen molar-refractivity contribution in [2.45, 2.75) is 17.9 Å². The average molecular weight is 294 g/mol. The fourth-order valence-electron chi connectivity index (χ4n) is 1.91. The molecular formula is C13H14N2O2S2. The number of nitrogens with zero attached hydrogens (tertiary/aromatic N) is 1. The summed E-state index contributed by atoms with van der Waals surface area (Å²) in [5, 5.41) is 13.6. The van der Waals surface area contributed by atoms with Crippen LogP contribution in [0.5, 0.6) is 0 Å². The van der Waals surface area contributed by atoms with Crippen LogP contribution in [-0.4, -0.2) is 26.0 Å². The van der Waals surface area contributed by atoms with Crippen LogP contribution < -0.4 is 5.32 Å². The van der Waals surface area contributed by atoms with Crippen LogP contribution >= 0.6 is 11.8 Å². The fourth-order valence-corrected chi connectivity index (χ4v) is 3.93. The highest BCUT2D eigenvalue weighted by Gasteiger charge is 2.22. The number of hydrogen-bond donors (Lipinski definition) is 1. The molecule has 0 spiro atoms. The van der Waals surface area contributed by atoms with Gasteiger partial charge in [0.15, 0.2) is 9.84 Å². The summed E-state index contributed by atoms with van der Waals surface area (Å²) in [6, 6.07) is 7.50. The first-order valence-corrected chi connectivity index (χ1v) is 8.59. The molecule has 1 aliphatic heterocycles. The smallest absolute Gasteiger partial charge is 0.173 e. The molecule has 1 unspecified atom stereocenters. The highest BCUT2D eigenvalue weighted by atomic mass is 32.2. The Morgan fingerprint density at radius 2 is 2.32 bits per heavy atom. The van der Waals surface area contributed by atoms with Crippen molar-refractivity contribution in [3.63, 3.8) is 0 Å². The molecule has 0 saturated heterocycles. The SMILES string of the molecule is CCSc1cccc(NC2C=CS(=O)(=O)C2)c1C#N. The van der Waals surface area contributed by atoms with Gasteiger partial charge in [-0.3, -0.25) is 0 Å². The summed E-state index contributed by atoms with van der Waals surface area (Å²) in [7, 11) is -3.09. The Morgan fingerprint density at radius 3 is 2.89 bits per heavy atom. The number of rotatable bonds is 4. The summed E-state index contributed by atoms with van der Waals surface area (Å²) >= 11 is 1.60. The van der Waals surface area contributed by atoms with E-state index in [1.165, 1.54) is 5.41 Å². The van der Waals surface area contributed by atoms with Gasteiger partial charge in [-0.15, -0.1) is 11.8 Å².